The summed E-state index contributed by atoms with van der Waals surface area (Å²) in [6.07, 6.45) is 5.18. The highest BCUT2D eigenvalue weighted by molar-refractivity contribution is 6.27. The summed E-state index contributed by atoms with van der Waals surface area (Å²) in [6, 6.07) is 9.89. The molecule has 1 fully saturated rings. The Kier molecular flexibility index (Phi) is 8.23. The van der Waals surface area contributed by atoms with Crippen molar-refractivity contribution in [3.8, 4) is 23.0 Å². The summed E-state index contributed by atoms with van der Waals surface area (Å²) in [5, 5.41) is 3.18. The maximum absolute atomic E-state index is 13.7. The molecular formula is C26H31ClN2O6. The lowest BCUT2D eigenvalue weighted by molar-refractivity contribution is -0.140. The molecule has 2 aliphatic rings. The molecule has 188 valence electrons. The van der Waals surface area contributed by atoms with Gasteiger partial charge in [-0.05, 0) is 48.2 Å². The second-order valence-electron chi connectivity index (χ2n) is 8.70. The van der Waals surface area contributed by atoms with Crippen molar-refractivity contribution in [1.82, 2.24) is 10.2 Å². The van der Waals surface area contributed by atoms with Gasteiger partial charge in [0, 0.05) is 12.6 Å². The summed E-state index contributed by atoms with van der Waals surface area (Å²) in [7, 11) is 3.08. The maximum Gasteiger partial charge on any atom is 0.247 e. The van der Waals surface area contributed by atoms with Crippen LogP contribution in [0.2, 0.25) is 0 Å². The first kappa shape index (κ1) is 25.0. The van der Waals surface area contributed by atoms with Gasteiger partial charge in [-0.2, -0.15) is 0 Å². The van der Waals surface area contributed by atoms with Crippen molar-refractivity contribution in [3.63, 3.8) is 0 Å². The van der Waals surface area contributed by atoms with Gasteiger partial charge in [-0.25, -0.2) is 0 Å². The number of hydrogen-bond donors (Lipinski definition) is 1. The van der Waals surface area contributed by atoms with Gasteiger partial charge in [-0.15, -0.1) is 11.6 Å². The number of rotatable bonds is 9. The van der Waals surface area contributed by atoms with E-state index < -0.39 is 6.04 Å². The van der Waals surface area contributed by atoms with E-state index in [0.29, 0.717) is 28.6 Å². The monoisotopic (exact) mass is 502 g/mol. The zero-order chi connectivity index (χ0) is 24.8. The van der Waals surface area contributed by atoms with Gasteiger partial charge in [0.05, 0.1) is 14.2 Å². The van der Waals surface area contributed by atoms with E-state index in [9.17, 15) is 9.59 Å². The summed E-state index contributed by atoms with van der Waals surface area (Å²) >= 11 is 6.03. The Morgan fingerprint density at radius 2 is 1.77 bits per heavy atom. The van der Waals surface area contributed by atoms with Crippen LogP contribution in [0, 0.1) is 0 Å². The predicted molar refractivity (Wildman–Crippen MR) is 131 cm³/mol. The quantitative estimate of drug-likeness (QED) is 0.517. The minimum atomic E-state index is -0.909. The van der Waals surface area contributed by atoms with E-state index in [1.807, 2.05) is 12.1 Å². The van der Waals surface area contributed by atoms with Crippen LogP contribution in [-0.2, 0) is 16.1 Å². The van der Waals surface area contributed by atoms with Crippen LogP contribution >= 0.6 is 11.6 Å². The molecule has 2 amide bonds. The lowest BCUT2D eigenvalue weighted by atomic mass is 9.94. The Hall–Kier alpha value is -3.13. The number of carbonyl (C=O) groups is 2. The molecule has 0 aromatic heterocycles. The van der Waals surface area contributed by atoms with Crippen LogP contribution in [0.5, 0.6) is 23.0 Å². The van der Waals surface area contributed by atoms with Crippen molar-refractivity contribution in [2.45, 2.75) is 50.7 Å². The van der Waals surface area contributed by atoms with Crippen molar-refractivity contribution in [2.75, 3.05) is 26.9 Å². The summed E-state index contributed by atoms with van der Waals surface area (Å²) in [5.74, 6) is 1.40. The van der Waals surface area contributed by atoms with Crippen molar-refractivity contribution >= 4 is 23.4 Å². The third kappa shape index (κ3) is 5.75. The molecule has 0 unspecified atom stereocenters. The van der Waals surface area contributed by atoms with Gasteiger partial charge in [0.15, 0.2) is 23.0 Å². The second kappa shape index (κ2) is 11.5. The highest BCUT2D eigenvalue weighted by Crippen LogP contribution is 2.36. The van der Waals surface area contributed by atoms with Gasteiger partial charge in [0.2, 0.25) is 18.6 Å². The Labute approximate surface area is 210 Å². The minimum absolute atomic E-state index is 0.0809. The number of nitrogens with zero attached hydrogens (tertiary/aromatic N) is 1. The van der Waals surface area contributed by atoms with E-state index in [2.05, 4.69) is 5.32 Å². The van der Waals surface area contributed by atoms with E-state index in [1.54, 1.807) is 31.4 Å². The third-order valence-corrected chi connectivity index (χ3v) is 6.69. The smallest absolute Gasteiger partial charge is 0.247 e. The molecule has 4 rings (SSSR count). The Morgan fingerprint density at radius 1 is 1.03 bits per heavy atom. The first-order valence-electron chi connectivity index (χ1n) is 11.8. The zero-order valence-electron chi connectivity index (χ0n) is 20.1. The molecule has 35 heavy (non-hydrogen) atoms. The van der Waals surface area contributed by atoms with Crippen molar-refractivity contribution in [3.05, 3.63) is 47.5 Å². The topological polar surface area (TPSA) is 86.3 Å². The van der Waals surface area contributed by atoms with Gasteiger partial charge in [0.1, 0.15) is 11.9 Å². The molecule has 8 nitrogen and oxygen atoms in total. The molecule has 2 aromatic carbocycles. The molecule has 1 heterocycles. The molecule has 1 aliphatic heterocycles. The number of nitrogens with one attached hydrogen (secondary N) is 1. The lowest BCUT2D eigenvalue weighted by Gasteiger charge is -2.33. The number of alkyl halides is 1. The number of benzene rings is 2. The zero-order valence-corrected chi connectivity index (χ0v) is 20.8. The molecule has 0 bridgehead atoms. The number of fused-ring (bicyclic) bond motifs is 1. The van der Waals surface area contributed by atoms with E-state index in [0.717, 1.165) is 31.2 Å². The van der Waals surface area contributed by atoms with Gasteiger partial charge in [-0.3, -0.25) is 9.59 Å². The van der Waals surface area contributed by atoms with E-state index >= 15 is 0 Å². The summed E-state index contributed by atoms with van der Waals surface area (Å²) in [4.78, 5) is 28.4. The largest absolute Gasteiger partial charge is 0.493 e. The van der Waals surface area contributed by atoms with Crippen molar-refractivity contribution < 1.29 is 28.5 Å². The average molecular weight is 503 g/mol. The standard InChI is InChI=1S/C26H31ClN2O6/c1-32-20-11-9-18(13-22(20)33-2)25(26(31)28-19-6-4-3-5-7-19)29(24(30)14-27)15-17-8-10-21-23(12-17)35-16-34-21/h8-13,19,25H,3-7,14-16H2,1-2H3,(H,28,31)/t25-/m0/s1. The number of amides is 2. The van der Waals surface area contributed by atoms with Crippen LogP contribution in [-0.4, -0.2) is 49.6 Å². The highest BCUT2D eigenvalue weighted by atomic mass is 35.5. The predicted octanol–water partition coefficient (Wildman–Crippen LogP) is 4.19. The van der Waals surface area contributed by atoms with E-state index in [-0.39, 0.29) is 37.1 Å². The molecule has 1 atom stereocenters. The molecule has 0 radical (unpaired) electrons. The van der Waals surface area contributed by atoms with Crippen molar-refractivity contribution in [2.24, 2.45) is 0 Å². The number of methoxy groups -OCH3 is 2. The molecule has 9 heteroatoms. The average Bonchev–Trinajstić information content (AvgIpc) is 3.36. The van der Waals surface area contributed by atoms with Crippen LogP contribution in [0.4, 0.5) is 0 Å². The summed E-state index contributed by atoms with van der Waals surface area (Å²) in [6.45, 7) is 0.320. The molecular weight excluding hydrogens is 472 g/mol. The van der Waals surface area contributed by atoms with Gasteiger partial charge in [-0.1, -0.05) is 31.4 Å². The second-order valence-corrected chi connectivity index (χ2v) is 8.97. The first-order chi connectivity index (χ1) is 17.0. The van der Waals surface area contributed by atoms with Crippen LogP contribution in [0.1, 0.15) is 49.3 Å². The van der Waals surface area contributed by atoms with Crippen LogP contribution in [0.3, 0.4) is 0 Å². The van der Waals surface area contributed by atoms with Crippen LogP contribution in [0.15, 0.2) is 36.4 Å². The first-order valence-corrected chi connectivity index (χ1v) is 12.3. The number of halogens is 1. The third-order valence-electron chi connectivity index (χ3n) is 6.46. The van der Waals surface area contributed by atoms with Crippen molar-refractivity contribution in [1.29, 1.82) is 0 Å². The van der Waals surface area contributed by atoms with E-state index in [4.69, 9.17) is 30.5 Å². The lowest BCUT2D eigenvalue weighted by Crippen LogP contribution is -2.47. The SMILES string of the molecule is COc1ccc([C@@H](C(=O)NC2CCCCC2)N(Cc2ccc3c(c2)OCO3)C(=O)CCl)cc1OC. The van der Waals surface area contributed by atoms with Gasteiger partial charge < -0.3 is 29.2 Å². The molecule has 1 aliphatic carbocycles. The fourth-order valence-electron chi connectivity index (χ4n) is 4.66. The Bertz CT molecular complexity index is 1060. The number of carbonyl (C=O) groups excluding carboxylic acids is 2. The number of hydrogen-bond acceptors (Lipinski definition) is 6. The molecule has 2 aromatic rings. The maximum atomic E-state index is 13.7. The Balaban J connectivity index is 1.70. The summed E-state index contributed by atoms with van der Waals surface area (Å²) < 4.78 is 21.7. The molecule has 0 spiro atoms. The molecule has 1 N–H and O–H groups in total. The number of ether oxygens (including phenoxy) is 4. The molecule has 0 saturated heterocycles. The highest BCUT2D eigenvalue weighted by Gasteiger charge is 2.33. The summed E-state index contributed by atoms with van der Waals surface area (Å²) in [5.41, 5.74) is 1.40. The normalized spacial score (nSPS) is 15.9. The van der Waals surface area contributed by atoms with Crippen LogP contribution in [0.25, 0.3) is 0 Å². The molecule has 1 saturated carbocycles. The van der Waals surface area contributed by atoms with Gasteiger partial charge in [0.25, 0.3) is 0 Å². The van der Waals surface area contributed by atoms with E-state index in [1.165, 1.54) is 18.4 Å². The minimum Gasteiger partial charge on any atom is -0.493 e. The van der Waals surface area contributed by atoms with Crippen LogP contribution < -0.4 is 24.3 Å². The van der Waals surface area contributed by atoms with Gasteiger partial charge >= 0.3 is 0 Å². The fraction of sp³-hybridized carbons (Fsp3) is 0.462. The fourth-order valence-corrected chi connectivity index (χ4v) is 4.81. The Morgan fingerprint density at radius 3 is 2.49 bits per heavy atom.